The number of thiazole rings is 1. The molecule has 2 aromatic carbocycles. The van der Waals surface area contributed by atoms with E-state index in [1.165, 1.54) is 34.2 Å². The van der Waals surface area contributed by atoms with E-state index in [9.17, 15) is 14.0 Å². The first-order valence-corrected chi connectivity index (χ1v) is 10.1. The Labute approximate surface area is 179 Å². The van der Waals surface area contributed by atoms with Crippen molar-refractivity contribution in [1.82, 2.24) is 14.8 Å². The molecule has 2 aromatic heterocycles. The normalized spacial score (nSPS) is 10.8. The van der Waals surface area contributed by atoms with Crippen LogP contribution >= 0.6 is 22.9 Å². The third-order valence-corrected chi connectivity index (χ3v) is 5.36. The van der Waals surface area contributed by atoms with Crippen molar-refractivity contribution in [3.05, 3.63) is 92.4 Å². The molecule has 2 heterocycles. The maximum Gasteiger partial charge on any atom is 0.281 e. The number of para-hydroxylation sites is 1. The van der Waals surface area contributed by atoms with E-state index in [2.05, 4.69) is 15.4 Å². The molecular formula is C21H14ClFN4O2S. The Balaban J connectivity index is 1.65. The van der Waals surface area contributed by atoms with Gasteiger partial charge in [0.1, 0.15) is 11.5 Å². The highest BCUT2D eigenvalue weighted by molar-refractivity contribution is 7.14. The molecule has 0 spiro atoms. The van der Waals surface area contributed by atoms with E-state index in [0.717, 1.165) is 5.56 Å². The van der Waals surface area contributed by atoms with Crippen molar-refractivity contribution in [1.29, 1.82) is 0 Å². The summed E-state index contributed by atoms with van der Waals surface area (Å²) in [6.07, 6.45) is 0. The average molecular weight is 441 g/mol. The van der Waals surface area contributed by atoms with Crippen LogP contribution in [0.25, 0.3) is 16.9 Å². The van der Waals surface area contributed by atoms with Crippen molar-refractivity contribution < 1.29 is 9.18 Å². The molecule has 0 aliphatic carbocycles. The maximum absolute atomic E-state index is 14.2. The lowest BCUT2D eigenvalue weighted by Gasteiger charge is -2.11. The number of hydrogen-bond donors (Lipinski definition) is 1. The van der Waals surface area contributed by atoms with Crippen molar-refractivity contribution >= 4 is 34.0 Å². The van der Waals surface area contributed by atoms with Gasteiger partial charge in [0, 0.05) is 27.7 Å². The van der Waals surface area contributed by atoms with E-state index < -0.39 is 17.2 Å². The molecule has 30 heavy (non-hydrogen) atoms. The molecule has 0 radical (unpaired) electrons. The first-order valence-electron chi connectivity index (χ1n) is 8.81. The third-order valence-electron chi connectivity index (χ3n) is 4.28. The van der Waals surface area contributed by atoms with Crippen LogP contribution in [0.2, 0.25) is 5.02 Å². The predicted molar refractivity (Wildman–Crippen MR) is 115 cm³/mol. The van der Waals surface area contributed by atoms with Crippen LogP contribution in [0.4, 0.5) is 9.52 Å². The van der Waals surface area contributed by atoms with E-state index in [1.807, 2.05) is 18.2 Å². The van der Waals surface area contributed by atoms with E-state index in [1.54, 1.807) is 30.5 Å². The summed E-state index contributed by atoms with van der Waals surface area (Å²) in [6.45, 7) is 1.61. The van der Waals surface area contributed by atoms with Gasteiger partial charge < -0.3 is 0 Å². The van der Waals surface area contributed by atoms with Gasteiger partial charge in [-0.25, -0.2) is 14.1 Å². The molecule has 0 unspecified atom stereocenters. The van der Waals surface area contributed by atoms with Gasteiger partial charge in [-0.15, -0.1) is 11.3 Å². The van der Waals surface area contributed by atoms with Gasteiger partial charge in [-0.05, 0) is 25.1 Å². The van der Waals surface area contributed by atoms with Gasteiger partial charge in [-0.2, -0.15) is 5.10 Å². The van der Waals surface area contributed by atoms with Crippen molar-refractivity contribution in [2.45, 2.75) is 6.92 Å². The Bertz CT molecular complexity index is 1320. The van der Waals surface area contributed by atoms with Crippen LogP contribution in [0.3, 0.4) is 0 Å². The summed E-state index contributed by atoms with van der Waals surface area (Å²) in [4.78, 5) is 29.4. The summed E-state index contributed by atoms with van der Waals surface area (Å²) >= 11 is 7.38. The molecule has 0 saturated carbocycles. The van der Waals surface area contributed by atoms with Crippen LogP contribution in [-0.4, -0.2) is 20.7 Å². The van der Waals surface area contributed by atoms with E-state index in [4.69, 9.17) is 11.6 Å². The summed E-state index contributed by atoms with van der Waals surface area (Å²) in [6, 6.07) is 14.4. The Hall–Kier alpha value is -3.36. The standard InChI is InChI=1S/C21H14ClFN4O2S/c1-12-10-18(28)19(26-27(12)17-9-5-4-8-15(17)23)20(29)25-21-24-16(11-30-21)13-6-2-3-7-14(13)22/h2-11H,1H3,(H,24,25,29). The molecule has 6 nitrogen and oxygen atoms in total. The topological polar surface area (TPSA) is 76.9 Å². The number of nitrogens with zero attached hydrogens (tertiary/aromatic N) is 3. The first kappa shape index (κ1) is 19.9. The lowest BCUT2D eigenvalue weighted by Crippen LogP contribution is -2.27. The molecule has 0 aliphatic heterocycles. The highest BCUT2D eigenvalue weighted by Gasteiger charge is 2.18. The summed E-state index contributed by atoms with van der Waals surface area (Å²) in [5, 5.41) is 9.23. The summed E-state index contributed by atoms with van der Waals surface area (Å²) < 4.78 is 15.4. The summed E-state index contributed by atoms with van der Waals surface area (Å²) in [5.74, 6) is -1.25. The van der Waals surface area contributed by atoms with Gasteiger partial charge in [-0.1, -0.05) is 41.9 Å². The second-order valence-electron chi connectivity index (χ2n) is 6.33. The highest BCUT2D eigenvalue weighted by Crippen LogP contribution is 2.30. The second kappa shape index (κ2) is 8.17. The fourth-order valence-electron chi connectivity index (χ4n) is 2.85. The smallest absolute Gasteiger partial charge is 0.281 e. The Morgan fingerprint density at radius 1 is 1.17 bits per heavy atom. The molecule has 0 atom stereocenters. The fraction of sp³-hybridized carbons (Fsp3) is 0.0476. The lowest BCUT2D eigenvalue weighted by molar-refractivity contribution is 0.101. The average Bonchev–Trinajstić information content (AvgIpc) is 3.17. The second-order valence-corrected chi connectivity index (χ2v) is 7.60. The number of carbonyl (C=O) groups is 1. The minimum Gasteiger partial charge on any atom is -0.296 e. The van der Waals surface area contributed by atoms with Crippen LogP contribution in [0, 0.1) is 12.7 Å². The van der Waals surface area contributed by atoms with Crippen molar-refractivity contribution in [3.8, 4) is 16.9 Å². The zero-order valence-electron chi connectivity index (χ0n) is 15.6. The molecule has 1 N–H and O–H groups in total. The minimum absolute atomic E-state index is 0.138. The van der Waals surface area contributed by atoms with Crippen LogP contribution in [0.5, 0.6) is 0 Å². The number of amides is 1. The van der Waals surface area contributed by atoms with Crippen molar-refractivity contribution in [3.63, 3.8) is 0 Å². The maximum atomic E-state index is 14.2. The van der Waals surface area contributed by atoms with E-state index in [-0.39, 0.29) is 16.5 Å². The minimum atomic E-state index is -0.731. The molecular weight excluding hydrogens is 427 g/mol. The zero-order valence-corrected chi connectivity index (χ0v) is 17.2. The van der Waals surface area contributed by atoms with Crippen LogP contribution < -0.4 is 10.7 Å². The zero-order chi connectivity index (χ0) is 21.3. The lowest BCUT2D eigenvalue weighted by atomic mass is 10.2. The number of benzene rings is 2. The molecule has 0 saturated heterocycles. The highest BCUT2D eigenvalue weighted by atomic mass is 35.5. The number of aryl methyl sites for hydroxylation is 1. The van der Waals surface area contributed by atoms with Gasteiger partial charge >= 0.3 is 0 Å². The molecule has 150 valence electrons. The number of hydrogen-bond acceptors (Lipinski definition) is 5. The van der Waals surface area contributed by atoms with E-state index >= 15 is 0 Å². The molecule has 4 aromatic rings. The third kappa shape index (κ3) is 3.87. The summed E-state index contributed by atoms with van der Waals surface area (Å²) in [7, 11) is 0. The molecule has 9 heteroatoms. The molecule has 1 amide bonds. The van der Waals surface area contributed by atoms with Gasteiger partial charge in [0.05, 0.1) is 5.69 Å². The predicted octanol–water partition coefficient (Wildman–Crippen LogP) is 4.71. The number of anilines is 1. The number of nitrogens with one attached hydrogen (secondary N) is 1. The van der Waals surface area contributed by atoms with Gasteiger partial charge in [-0.3, -0.25) is 14.9 Å². The number of carbonyl (C=O) groups excluding carboxylic acids is 1. The van der Waals surface area contributed by atoms with Gasteiger partial charge in [0.2, 0.25) is 5.43 Å². The van der Waals surface area contributed by atoms with E-state index in [0.29, 0.717) is 16.4 Å². The Morgan fingerprint density at radius 3 is 2.67 bits per heavy atom. The largest absolute Gasteiger partial charge is 0.296 e. The van der Waals surface area contributed by atoms with Crippen molar-refractivity contribution in [2.75, 3.05) is 5.32 Å². The number of halogens is 2. The quantitative estimate of drug-likeness (QED) is 0.498. The Kier molecular flexibility index (Phi) is 5.43. The summed E-state index contributed by atoms with van der Waals surface area (Å²) in [5.41, 5.74) is 0.933. The fourth-order valence-corrected chi connectivity index (χ4v) is 3.79. The van der Waals surface area contributed by atoms with Crippen molar-refractivity contribution in [2.24, 2.45) is 0 Å². The number of aromatic nitrogens is 3. The van der Waals surface area contributed by atoms with Gasteiger partial charge in [0.15, 0.2) is 10.8 Å². The first-order chi connectivity index (χ1) is 14.4. The SMILES string of the molecule is Cc1cc(=O)c(C(=O)Nc2nc(-c3ccccc3Cl)cs2)nn1-c1ccccc1F. The number of rotatable bonds is 4. The molecule has 4 rings (SSSR count). The monoisotopic (exact) mass is 440 g/mol. The van der Waals surface area contributed by atoms with Crippen LogP contribution in [0.1, 0.15) is 16.2 Å². The van der Waals surface area contributed by atoms with Crippen LogP contribution in [0.15, 0.2) is 64.8 Å². The van der Waals surface area contributed by atoms with Gasteiger partial charge in [0.25, 0.3) is 5.91 Å². The molecule has 0 fully saturated rings. The molecule has 0 bridgehead atoms. The molecule has 0 aliphatic rings. The van der Waals surface area contributed by atoms with Crippen LogP contribution in [-0.2, 0) is 0 Å². The Morgan fingerprint density at radius 2 is 1.90 bits per heavy atom.